The summed E-state index contributed by atoms with van der Waals surface area (Å²) in [5, 5.41) is 1.65. The normalized spacial score (nSPS) is 21.1. The summed E-state index contributed by atoms with van der Waals surface area (Å²) in [7, 11) is 8.33. The number of thiazole rings is 1. The molecule has 2 heterocycles. The van der Waals surface area contributed by atoms with Crippen LogP contribution in [-0.4, -0.2) is 62.1 Å². The van der Waals surface area contributed by atoms with E-state index >= 15 is 0 Å². The average molecular weight is 303 g/mol. The van der Waals surface area contributed by atoms with Crippen LogP contribution in [-0.2, 0) is 6.54 Å². The van der Waals surface area contributed by atoms with Crippen molar-refractivity contribution in [1.82, 2.24) is 14.8 Å². The van der Waals surface area contributed by atoms with Crippen molar-refractivity contribution in [3.63, 3.8) is 0 Å². The number of hydrogen-bond acceptors (Lipinski definition) is 5. The van der Waals surface area contributed by atoms with Crippen LogP contribution in [0.5, 0.6) is 0 Å². The van der Waals surface area contributed by atoms with Crippen LogP contribution in [0.3, 0.4) is 0 Å². The zero-order valence-electron chi connectivity index (χ0n) is 12.2. The molecule has 4 nitrogen and oxygen atoms in total. The Kier molecular flexibility index (Phi) is 5.06. The number of likely N-dealkylation sites (tertiary alicyclic amines) is 1. The second kappa shape index (κ2) is 6.39. The third kappa shape index (κ3) is 3.81. The molecule has 1 saturated heterocycles. The Morgan fingerprint density at radius 2 is 2.11 bits per heavy atom. The molecule has 0 amide bonds. The summed E-state index contributed by atoms with van der Waals surface area (Å²) >= 11 is 7.94. The zero-order chi connectivity index (χ0) is 14.0. The number of piperidine rings is 1. The Morgan fingerprint density at radius 1 is 1.37 bits per heavy atom. The predicted molar refractivity (Wildman–Crippen MR) is 83.4 cm³/mol. The van der Waals surface area contributed by atoms with Gasteiger partial charge in [-0.2, -0.15) is 0 Å². The number of anilines is 1. The van der Waals surface area contributed by atoms with Crippen LogP contribution in [0.15, 0.2) is 0 Å². The lowest BCUT2D eigenvalue weighted by molar-refractivity contribution is 0.129. The van der Waals surface area contributed by atoms with Crippen LogP contribution < -0.4 is 4.90 Å². The quantitative estimate of drug-likeness (QED) is 0.852. The van der Waals surface area contributed by atoms with Gasteiger partial charge in [0.05, 0.1) is 4.88 Å². The van der Waals surface area contributed by atoms with E-state index in [1.165, 1.54) is 17.7 Å². The van der Waals surface area contributed by atoms with Gasteiger partial charge in [-0.3, -0.25) is 4.90 Å². The van der Waals surface area contributed by atoms with Crippen molar-refractivity contribution in [3.05, 3.63) is 10.0 Å². The number of likely N-dealkylation sites (N-methyl/N-ethyl adjacent to an activating group) is 1. The molecule has 0 aliphatic carbocycles. The minimum Gasteiger partial charge on any atom is -0.354 e. The molecule has 0 N–H and O–H groups in total. The van der Waals surface area contributed by atoms with E-state index in [2.05, 4.69) is 28.9 Å². The lowest BCUT2D eigenvalue weighted by atomic mass is 10.1. The molecule has 1 aromatic rings. The van der Waals surface area contributed by atoms with E-state index in [0.29, 0.717) is 11.2 Å². The Labute approximate surface area is 125 Å². The van der Waals surface area contributed by atoms with Crippen molar-refractivity contribution in [3.8, 4) is 0 Å². The zero-order valence-corrected chi connectivity index (χ0v) is 13.8. The van der Waals surface area contributed by atoms with Gasteiger partial charge in [0.25, 0.3) is 0 Å². The summed E-state index contributed by atoms with van der Waals surface area (Å²) < 4.78 is 0. The third-order valence-corrected chi connectivity index (χ3v) is 5.23. The topological polar surface area (TPSA) is 22.6 Å². The molecule has 1 unspecified atom stereocenters. The van der Waals surface area contributed by atoms with Crippen LogP contribution in [0.1, 0.15) is 17.7 Å². The molecule has 1 aliphatic rings. The van der Waals surface area contributed by atoms with Crippen LogP contribution in [0.25, 0.3) is 0 Å². The largest absolute Gasteiger partial charge is 0.354 e. The maximum absolute atomic E-state index is 6.24. The monoisotopic (exact) mass is 302 g/mol. The average Bonchev–Trinajstić information content (AvgIpc) is 2.71. The minimum absolute atomic E-state index is 0.661. The van der Waals surface area contributed by atoms with E-state index in [1.54, 1.807) is 11.3 Å². The van der Waals surface area contributed by atoms with Crippen LogP contribution in [0.2, 0.25) is 5.15 Å². The molecule has 1 fully saturated rings. The number of rotatable bonds is 4. The lowest BCUT2D eigenvalue weighted by Crippen LogP contribution is -2.44. The fourth-order valence-electron chi connectivity index (χ4n) is 2.41. The van der Waals surface area contributed by atoms with E-state index in [4.69, 9.17) is 11.6 Å². The molecular weight excluding hydrogens is 280 g/mol. The number of nitrogens with zero attached hydrogens (tertiary/aromatic N) is 4. The Morgan fingerprint density at radius 3 is 2.68 bits per heavy atom. The Balaban J connectivity index is 2.00. The highest BCUT2D eigenvalue weighted by Gasteiger charge is 2.23. The summed E-state index contributed by atoms with van der Waals surface area (Å²) in [6.45, 7) is 3.21. The van der Waals surface area contributed by atoms with Crippen molar-refractivity contribution in [1.29, 1.82) is 0 Å². The molecule has 108 valence electrons. The molecule has 19 heavy (non-hydrogen) atoms. The van der Waals surface area contributed by atoms with Gasteiger partial charge in [0.2, 0.25) is 0 Å². The third-order valence-electron chi connectivity index (χ3n) is 3.60. The van der Waals surface area contributed by atoms with Gasteiger partial charge in [-0.15, -0.1) is 0 Å². The predicted octanol–water partition coefficient (Wildman–Crippen LogP) is 2.39. The summed E-state index contributed by atoms with van der Waals surface area (Å²) in [5.74, 6) is 0. The van der Waals surface area contributed by atoms with Gasteiger partial charge in [-0.1, -0.05) is 22.9 Å². The second-order valence-corrected chi connectivity index (χ2v) is 7.02. The SMILES string of the molecule is CN(C)c1nc(Cl)c(CN2CCCC(N(C)C)C2)s1. The first-order chi connectivity index (χ1) is 8.97. The van der Waals surface area contributed by atoms with Gasteiger partial charge < -0.3 is 9.80 Å². The van der Waals surface area contributed by atoms with E-state index < -0.39 is 0 Å². The van der Waals surface area contributed by atoms with Gasteiger partial charge in [-0.25, -0.2) is 4.98 Å². The maximum Gasteiger partial charge on any atom is 0.186 e. The summed E-state index contributed by atoms with van der Waals surface area (Å²) in [6, 6.07) is 0.661. The smallest absolute Gasteiger partial charge is 0.186 e. The molecular formula is C13H23ClN4S. The van der Waals surface area contributed by atoms with Crippen molar-refractivity contribution in [2.24, 2.45) is 0 Å². The molecule has 0 bridgehead atoms. The standard InChI is InChI=1S/C13H23ClN4S/c1-16(2)10-6-5-7-18(8-10)9-11-12(14)15-13(19-11)17(3)4/h10H,5-9H2,1-4H3. The molecule has 0 radical (unpaired) electrons. The molecule has 1 aliphatic heterocycles. The molecule has 0 spiro atoms. The van der Waals surface area contributed by atoms with E-state index in [-0.39, 0.29) is 0 Å². The van der Waals surface area contributed by atoms with Gasteiger partial charge in [-0.05, 0) is 33.5 Å². The molecule has 1 aromatic heterocycles. The number of halogens is 1. The highest BCUT2D eigenvalue weighted by molar-refractivity contribution is 7.16. The molecule has 0 saturated carbocycles. The van der Waals surface area contributed by atoms with Crippen molar-refractivity contribution < 1.29 is 0 Å². The van der Waals surface area contributed by atoms with Crippen LogP contribution >= 0.6 is 22.9 Å². The summed E-state index contributed by atoms with van der Waals surface area (Å²) in [4.78, 5) is 12.4. The highest BCUT2D eigenvalue weighted by atomic mass is 35.5. The fraction of sp³-hybridized carbons (Fsp3) is 0.769. The summed E-state index contributed by atoms with van der Waals surface area (Å²) in [5.41, 5.74) is 0. The minimum atomic E-state index is 0.661. The van der Waals surface area contributed by atoms with E-state index in [9.17, 15) is 0 Å². The van der Waals surface area contributed by atoms with Crippen molar-refractivity contribution in [2.45, 2.75) is 25.4 Å². The van der Waals surface area contributed by atoms with Crippen LogP contribution in [0.4, 0.5) is 5.13 Å². The van der Waals surface area contributed by atoms with Gasteiger partial charge in [0, 0.05) is 33.2 Å². The van der Waals surface area contributed by atoms with Crippen molar-refractivity contribution >= 4 is 28.1 Å². The highest BCUT2D eigenvalue weighted by Crippen LogP contribution is 2.30. The maximum atomic E-state index is 6.24. The first-order valence-electron chi connectivity index (χ1n) is 6.68. The summed E-state index contributed by atoms with van der Waals surface area (Å²) in [6.07, 6.45) is 2.56. The number of hydrogen-bond donors (Lipinski definition) is 0. The molecule has 6 heteroatoms. The number of aromatic nitrogens is 1. The Hall–Kier alpha value is -0.360. The first-order valence-corrected chi connectivity index (χ1v) is 7.88. The lowest BCUT2D eigenvalue weighted by Gasteiger charge is -2.35. The van der Waals surface area contributed by atoms with Crippen molar-refractivity contribution in [2.75, 3.05) is 46.2 Å². The van der Waals surface area contributed by atoms with Gasteiger partial charge in [0.15, 0.2) is 5.13 Å². The fourth-order valence-corrected chi connectivity index (χ4v) is 3.63. The second-order valence-electron chi connectivity index (χ2n) is 5.60. The molecule has 0 aromatic carbocycles. The first kappa shape index (κ1) is 15.0. The Bertz CT molecular complexity index is 419. The molecule has 1 atom stereocenters. The molecule has 2 rings (SSSR count). The van der Waals surface area contributed by atoms with Gasteiger partial charge >= 0.3 is 0 Å². The van der Waals surface area contributed by atoms with Gasteiger partial charge in [0.1, 0.15) is 5.15 Å². The van der Waals surface area contributed by atoms with E-state index in [0.717, 1.165) is 24.8 Å². The van der Waals surface area contributed by atoms with Crippen LogP contribution in [0, 0.1) is 0 Å². The van der Waals surface area contributed by atoms with E-state index in [1.807, 2.05) is 19.0 Å².